The first-order chi connectivity index (χ1) is 18.3. The maximum atomic E-state index is 2.95. The lowest BCUT2D eigenvalue weighted by molar-refractivity contribution is 0.00151. The van der Waals surface area contributed by atoms with Crippen LogP contribution in [-0.2, 0) is 0 Å². The Morgan fingerprint density at radius 3 is 0.842 bits per heavy atom. The molecule has 0 N–H and O–H groups in total. The van der Waals surface area contributed by atoms with E-state index in [-0.39, 0.29) is 0 Å². The van der Waals surface area contributed by atoms with E-state index >= 15 is 0 Å². The van der Waals surface area contributed by atoms with Gasteiger partial charge in [-0.25, -0.2) is 0 Å². The van der Waals surface area contributed by atoms with Crippen molar-refractivity contribution in [3.8, 4) is 0 Å². The van der Waals surface area contributed by atoms with Gasteiger partial charge < -0.3 is 0 Å². The Hall–Kier alpha value is -0.0400. The van der Waals surface area contributed by atoms with Crippen molar-refractivity contribution >= 4 is 0 Å². The minimum atomic E-state index is 0.312. The van der Waals surface area contributed by atoms with Crippen LogP contribution in [0, 0.1) is 0 Å². The summed E-state index contributed by atoms with van der Waals surface area (Å²) >= 11 is 0. The maximum absolute atomic E-state index is 2.95. The highest BCUT2D eigenvalue weighted by Crippen LogP contribution is 2.34. The molecule has 0 aromatic carbocycles. The molecule has 0 heterocycles. The minimum Gasteiger partial charge on any atom is -0.293 e. The van der Waals surface area contributed by atoms with E-state index in [9.17, 15) is 0 Å². The summed E-state index contributed by atoms with van der Waals surface area (Å²) in [5, 5.41) is 0. The summed E-state index contributed by atoms with van der Waals surface area (Å²) < 4.78 is 0. The van der Waals surface area contributed by atoms with E-state index < -0.39 is 0 Å². The molecule has 0 aliphatic rings. The van der Waals surface area contributed by atoms with Gasteiger partial charge in [-0.05, 0) is 53.5 Å². The highest BCUT2D eigenvalue weighted by atomic mass is 15.2. The second-order valence-corrected chi connectivity index (χ2v) is 14.1. The molecule has 0 aliphatic carbocycles. The molecular weight excluding hydrogens is 458 g/mol. The monoisotopic (exact) mass is 536 g/mol. The van der Waals surface area contributed by atoms with Gasteiger partial charge >= 0.3 is 0 Å². The molecule has 0 aliphatic heterocycles. The van der Waals surface area contributed by atoms with E-state index in [2.05, 4.69) is 53.4 Å². The van der Waals surface area contributed by atoms with Gasteiger partial charge in [-0.15, -0.1) is 0 Å². The molecule has 0 bridgehead atoms. The zero-order chi connectivity index (χ0) is 28.4. The molecule has 1 nitrogen and oxygen atoms in total. The zero-order valence-electron chi connectivity index (χ0n) is 28.2. The van der Waals surface area contributed by atoms with Crippen molar-refractivity contribution < 1.29 is 0 Å². The van der Waals surface area contributed by atoms with Crippen LogP contribution in [0.1, 0.15) is 222 Å². The van der Waals surface area contributed by atoms with Gasteiger partial charge in [-0.3, -0.25) is 4.90 Å². The van der Waals surface area contributed by atoms with Crippen molar-refractivity contribution in [2.24, 2.45) is 0 Å². The number of nitrogens with zero attached hydrogens (tertiary/aromatic N) is 1. The molecule has 0 rings (SSSR count). The van der Waals surface area contributed by atoms with Gasteiger partial charge in [0.25, 0.3) is 0 Å². The highest BCUT2D eigenvalue weighted by Gasteiger charge is 2.36. The first-order valence-corrected chi connectivity index (χ1v) is 18.1. The van der Waals surface area contributed by atoms with E-state index in [0.717, 1.165) is 0 Å². The molecule has 0 aromatic heterocycles. The molecule has 0 saturated heterocycles. The van der Waals surface area contributed by atoms with Gasteiger partial charge in [0.2, 0.25) is 0 Å². The Labute approximate surface area is 244 Å². The molecule has 0 saturated carbocycles. The van der Waals surface area contributed by atoms with E-state index in [1.54, 1.807) is 0 Å². The maximum Gasteiger partial charge on any atom is 0.0158 e. The molecule has 230 valence electrons. The van der Waals surface area contributed by atoms with Crippen LogP contribution in [0.2, 0.25) is 0 Å². The van der Waals surface area contributed by atoms with Gasteiger partial charge in [0.05, 0.1) is 0 Å². The fourth-order valence-electron chi connectivity index (χ4n) is 6.66. The number of rotatable bonds is 30. The highest BCUT2D eigenvalue weighted by molar-refractivity contribution is 4.92. The molecule has 0 fully saturated rings. The molecule has 0 unspecified atom stereocenters. The summed E-state index contributed by atoms with van der Waals surface area (Å²) in [4.78, 5) is 2.95. The third-order valence-corrected chi connectivity index (χ3v) is 9.23. The Morgan fingerprint density at radius 2 is 0.553 bits per heavy atom. The number of hydrogen-bond acceptors (Lipinski definition) is 1. The Balaban J connectivity index is 4.48. The topological polar surface area (TPSA) is 3.24 Å². The smallest absolute Gasteiger partial charge is 0.0158 e. The normalized spacial score (nSPS) is 12.6. The lowest BCUT2D eigenvalue weighted by Crippen LogP contribution is -2.55. The van der Waals surface area contributed by atoms with Crippen molar-refractivity contribution in [3.63, 3.8) is 0 Å². The van der Waals surface area contributed by atoms with Crippen LogP contribution in [0.4, 0.5) is 0 Å². The van der Waals surface area contributed by atoms with E-state index in [0.29, 0.717) is 11.1 Å². The minimum absolute atomic E-state index is 0.312. The Kier molecular flexibility index (Phi) is 25.9. The average molecular weight is 536 g/mol. The van der Waals surface area contributed by atoms with E-state index in [1.165, 1.54) is 180 Å². The SMILES string of the molecule is CCCCCCCCCCCCC(C)(C)N(CCCCCCC)C(C)(C)CCCCCCCCCCCC. The Morgan fingerprint density at radius 1 is 0.316 bits per heavy atom. The van der Waals surface area contributed by atoms with E-state index in [4.69, 9.17) is 0 Å². The Bertz CT molecular complexity index is 429. The quantitative estimate of drug-likeness (QED) is 0.0826. The van der Waals surface area contributed by atoms with Crippen LogP contribution in [-0.4, -0.2) is 22.5 Å². The standard InChI is InChI=1S/C37H77N/c1-8-11-14-17-19-21-23-25-27-30-33-36(4,5)38(35-32-29-16-13-10-3)37(6,7)34-31-28-26-24-22-20-18-15-12-9-2/h8-35H2,1-7H3. The van der Waals surface area contributed by atoms with Crippen molar-refractivity contribution in [3.05, 3.63) is 0 Å². The fourth-order valence-corrected chi connectivity index (χ4v) is 6.66. The second kappa shape index (κ2) is 25.9. The summed E-state index contributed by atoms with van der Waals surface area (Å²) in [5.41, 5.74) is 0.625. The van der Waals surface area contributed by atoms with Crippen LogP contribution in [0.3, 0.4) is 0 Å². The summed E-state index contributed by atoms with van der Waals surface area (Å²) in [6, 6.07) is 0. The van der Waals surface area contributed by atoms with Gasteiger partial charge in [0, 0.05) is 11.1 Å². The fraction of sp³-hybridized carbons (Fsp3) is 1.00. The predicted molar refractivity (Wildman–Crippen MR) is 177 cm³/mol. The molecule has 0 amide bonds. The molecule has 1 heteroatoms. The van der Waals surface area contributed by atoms with Crippen LogP contribution < -0.4 is 0 Å². The summed E-state index contributed by atoms with van der Waals surface area (Å²) in [7, 11) is 0. The van der Waals surface area contributed by atoms with Gasteiger partial charge in [-0.1, -0.05) is 175 Å². The third-order valence-electron chi connectivity index (χ3n) is 9.23. The molecule has 0 atom stereocenters. The van der Waals surface area contributed by atoms with Crippen molar-refractivity contribution in [2.75, 3.05) is 6.54 Å². The summed E-state index contributed by atoms with van der Waals surface area (Å²) in [5.74, 6) is 0. The van der Waals surface area contributed by atoms with E-state index in [1.807, 2.05) is 0 Å². The van der Waals surface area contributed by atoms with Crippen molar-refractivity contribution in [1.29, 1.82) is 0 Å². The largest absolute Gasteiger partial charge is 0.293 e. The summed E-state index contributed by atoms with van der Waals surface area (Å²) in [6.07, 6.45) is 38.4. The molecule has 0 radical (unpaired) electrons. The predicted octanol–water partition coefficient (Wildman–Crippen LogP) is 13.4. The van der Waals surface area contributed by atoms with Crippen LogP contribution in [0.15, 0.2) is 0 Å². The number of hydrogen-bond donors (Lipinski definition) is 0. The van der Waals surface area contributed by atoms with Crippen LogP contribution in [0.25, 0.3) is 0 Å². The van der Waals surface area contributed by atoms with Gasteiger partial charge in [0.1, 0.15) is 0 Å². The first kappa shape index (κ1) is 38.0. The lowest BCUT2D eigenvalue weighted by Gasteiger charge is -2.49. The van der Waals surface area contributed by atoms with Gasteiger partial charge in [0.15, 0.2) is 0 Å². The summed E-state index contributed by atoms with van der Waals surface area (Å²) in [6.45, 7) is 18.5. The lowest BCUT2D eigenvalue weighted by atomic mass is 9.85. The first-order valence-electron chi connectivity index (χ1n) is 18.1. The third kappa shape index (κ3) is 21.7. The molecule has 0 aromatic rings. The second-order valence-electron chi connectivity index (χ2n) is 14.1. The van der Waals surface area contributed by atoms with Gasteiger partial charge in [-0.2, -0.15) is 0 Å². The molecular formula is C37H77N. The van der Waals surface area contributed by atoms with Crippen LogP contribution in [0.5, 0.6) is 0 Å². The average Bonchev–Trinajstić information content (AvgIpc) is 2.88. The van der Waals surface area contributed by atoms with Crippen LogP contribution >= 0.6 is 0 Å². The number of unbranched alkanes of at least 4 members (excludes halogenated alkanes) is 22. The molecule has 0 spiro atoms. The van der Waals surface area contributed by atoms with Crippen molar-refractivity contribution in [1.82, 2.24) is 4.90 Å². The molecule has 38 heavy (non-hydrogen) atoms. The zero-order valence-corrected chi connectivity index (χ0v) is 28.2. The van der Waals surface area contributed by atoms with Crippen molar-refractivity contribution in [2.45, 2.75) is 233 Å².